The monoisotopic (exact) mass is 668 g/mol. The summed E-state index contributed by atoms with van der Waals surface area (Å²) in [6.45, 7) is 2.37. The molecule has 0 radical (unpaired) electrons. The van der Waals surface area contributed by atoms with Crippen LogP contribution in [0.4, 0.5) is 0 Å². The minimum atomic E-state index is -0.350. The van der Waals surface area contributed by atoms with Gasteiger partial charge in [-0.15, -0.1) is 11.3 Å². The molecule has 0 N–H and O–H groups in total. The van der Waals surface area contributed by atoms with Gasteiger partial charge in [-0.3, -0.25) is 0 Å². The van der Waals surface area contributed by atoms with Crippen molar-refractivity contribution in [2.24, 2.45) is 0 Å². The Morgan fingerprint density at radius 3 is 1.67 bits per heavy atom. The number of hydrogen-bond acceptors (Lipinski definition) is 3. The number of benzene rings is 7. The van der Waals surface area contributed by atoms with Crippen LogP contribution >= 0.6 is 11.3 Å². The van der Waals surface area contributed by atoms with E-state index in [0.717, 1.165) is 33.9 Å². The fourth-order valence-electron chi connectivity index (χ4n) is 8.13. The second-order valence-electron chi connectivity index (χ2n) is 13.4. The Hall–Kier alpha value is -6.16. The molecule has 9 aromatic rings. The van der Waals surface area contributed by atoms with Crippen molar-refractivity contribution in [1.82, 2.24) is 9.97 Å². The van der Waals surface area contributed by atoms with Crippen molar-refractivity contribution in [3.8, 4) is 56.2 Å². The van der Waals surface area contributed by atoms with Gasteiger partial charge in [-0.05, 0) is 58.0 Å². The van der Waals surface area contributed by atoms with Crippen molar-refractivity contribution in [3.63, 3.8) is 0 Å². The predicted octanol–water partition coefficient (Wildman–Crippen LogP) is 12.8. The molecule has 2 heterocycles. The lowest BCUT2D eigenvalue weighted by atomic mass is 9.72. The molecule has 1 aliphatic carbocycles. The van der Waals surface area contributed by atoms with E-state index in [0.29, 0.717) is 0 Å². The van der Waals surface area contributed by atoms with E-state index in [1.54, 1.807) is 0 Å². The minimum Gasteiger partial charge on any atom is -0.228 e. The molecule has 3 heteroatoms. The number of nitrogens with zero attached hydrogens (tertiary/aromatic N) is 2. The van der Waals surface area contributed by atoms with Crippen LogP contribution in [0.25, 0.3) is 76.3 Å². The summed E-state index contributed by atoms with van der Waals surface area (Å²) in [4.78, 5) is 10.5. The van der Waals surface area contributed by atoms with E-state index < -0.39 is 0 Å². The van der Waals surface area contributed by atoms with Gasteiger partial charge < -0.3 is 0 Å². The Labute approximate surface area is 301 Å². The standard InChI is InChI=1S/C48H32N2S/c1-48(40-22-9-5-16-35(40)36-17-6-10-23-41(36)48)42-24-11-7-19-39(42)44-30-43(49-47(50-44)33-14-3-2-4-15-33)32-28-26-31(27-29-32)34-20-13-21-38-37-18-8-12-25-45(37)51-46(34)38/h2-30H,1H3. The molecule has 0 bridgehead atoms. The zero-order chi connectivity index (χ0) is 33.9. The van der Waals surface area contributed by atoms with Crippen LogP contribution in [0.5, 0.6) is 0 Å². The molecular weight excluding hydrogens is 637 g/mol. The summed E-state index contributed by atoms with van der Waals surface area (Å²) in [5.41, 5.74) is 13.6. The Morgan fingerprint density at radius 2 is 0.941 bits per heavy atom. The van der Waals surface area contributed by atoms with E-state index in [1.165, 1.54) is 59.1 Å². The topological polar surface area (TPSA) is 25.8 Å². The van der Waals surface area contributed by atoms with Crippen LogP contribution in [0.1, 0.15) is 23.6 Å². The number of aromatic nitrogens is 2. The van der Waals surface area contributed by atoms with E-state index in [1.807, 2.05) is 17.4 Å². The van der Waals surface area contributed by atoms with Crippen molar-refractivity contribution in [2.75, 3.05) is 0 Å². The molecule has 0 aliphatic heterocycles. The van der Waals surface area contributed by atoms with Gasteiger partial charge in [0.15, 0.2) is 5.82 Å². The molecule has 0 saturated carbocycles. The van der Waals surface area contributed by atoms with Gasteiger partial charge >= 0.3 is 0 Å². The zero-order valence-electron chi connectivity index (χ0n) is 28.0. The minimum absolute atomic E-state index is 0.350. The highest BCUT2D eigenvalue weighted by Crippen LogP contribution is 2.54. The van der Waals surface area contributed by atoms with Crippen molar-refractivity contribution in [2.45, 2.75) is 12.3 Å². The van der Waals surface area contributed by atoms with Crippen molar-refractivity contribution >= 4 is 31.5 Å². The first-order chi connectivity index (χ1) is 25.2. The van der Waals surface area contributed by atoms with Gasteiger partial charge in [0, 0.05) is 42.3 Å². The van der Waals surface area contributed by atoms with Gasteiger partial charge in [0.25, 0.3) is 0 Å². The lowest BCUT2D eigenvalue weighted by molar-refractivity contribution is 0.715. The second kappa shape index (κ2) is 11.7. The average molecular weight is 669 g/mol. The summed E-state index contributed by atoms with van der Waals surface area (Å²) in [6.07, 6.45) is 0. The Balaban J connectivity index is 1.13. The van der Waals surface area contributed by atoms with E-state index in [-0.39, 0.29) is 5.41 Å². The third-order valence-electron chi connectivity index (χ3n) is 10.6. The van der Waals surface area contributed by atoms with Crippen LogP contribution in [0, 0.1) is 0 Å². The van der Waals surface area contributed by atoms with E-state index in [4.69, 9.17) is 9.97 Å². The summed E-state index contributed by atoms with van der Waals surface area (Å²) in [7, 11) is 0. The summed E-state index contributed by atoms with van der Waals surface area (Å²) in [6, 6.07) is 63.2. The third-order valence-corrected chi connectivity index (χ3v) is 11.8. The van der Waals surface area contributed by atoms with Gasteiger partial charge in [0.05, 0.1) is 11.4 Å². The maximum Gasteiger partial charge on any atom is 0.160 e. The molecule has 0 spiro atoms. The number of hydrogen-bond donors (Lipinski definition) is 0. The van der Waals surface area contributed by atoms with E-state index >= 15 is 0 Å². The molecule has 2 aromatic heterocycles. The zero-order valence-corrected chi connectivity index (χ0v) is 28.9. The Bertz CT molecular complexity index is 2710. The molecule has 1 aliphatic rings. The molecule has 0 unspecified atom stereocenters. The number of rotatable bonds is 5. The highest BCUT2D eigenvalue weighted by atomic mass is 32.1. The van der Waals surface area contributed by atoms with Crippen LogP contribution in [0.2, 0.25) is 0 Å². The molecule has 7 aromatic carbocycles. The summed E-state index contributed by atoms with van der Waals surface area (Å²) in [5, 5.41) is 2.63. The molecule has 2 nitrogen and oxygen atoms in total. The van der Waals surface area contributed by atoms with Gasteiger partial charge in [0.1, 0.15) is 0 Å². The third kappa shape index (κ3) is 4.70. The largest absolute Gasteiger partial charge is 0.228 e. The molecule has 0 fully saturated rings. The molecule has 240 valence electrons. The average Bonchev–Trinajstić information content (AvgIpc) is 3.72. The fraction of sp³-hybridized carbons (Fsp3) is 0.0417. The molecular formula is C48H32N2S. The number of thiophene rings is 1. The molecule has 0 amide bonds. The first-order valence-corrected chi connectivity index (χ1v) is 18.2. The molecule has 51 heavy (non-hydrogen) atoms. The van der Waals surface area contributed by atoms with Crippen LogP contribution < -0.4 is 0 Å². The SMILES string of the molecule is CC1(c2ccccc2-c2cc(-c3ccc(-c4cccc5c4sc4ccccc45)cc3)nc(-c3ccccc3)n2)c2ccccc2-c2ccccc21. The number of fused-ring (bicyclic) bond motifs is 6. The van der Waals surface area contributed by atoms with Gasteiger partial charge in [0.2, 0.25) is 0 Å². The van der Waals surface area contributed by atoms with Crippen LogP contribution in [0.3, 0.4) is 0 Å². The molecule has 10 rings (SSSR count). The lowest BCUT2D eigenvalue weighted by Gasteiger charge is -2.30. The normalized spacial score (nSPS) is 13.0. The smallest absolute Gasteiger partial charge is 0.160 e. The summed E-state index contributed by atoms with van der Waals surface area (Å²) >= 11 is 1.87. The maximum atomic E-state index is 5.28. The summed E-state index contributed by atoms with van der Waals surface area (Å²) in [5.74, 6) is 0.717. The van der Waals surface area contributed by atoms with Crippen LogP contribution in [-0.4, -0.2) is 9.97 Å². The molecule has 0 atom stereocenters. The lowest BCUT2D eigenvalue weighted by Crippen LogP contribution is -2.23. The van der Waals surface area contributed by atoms with Crippen LogP contribution in [-0.2, 0) is 5.41 Å². The second-order valence-corrected chi connectivity index (χ2v) is 14.5. The van der Waals surface area contributed by atoms with Crippen molar-refractivity contribution < 1.29 is 0 Å². The Kier molecular flexibility index (Phi) is 6.83. The van der Waals surface area contributed by atoms with Gasteiger partial charge in [-0.25, -0.2) is 9.97 Å². The predicted molar refractivity (Wildman–Crippen MR) is 214 cm³/mol. The van der Waals surface area contributed by atoms with Crippen LogP contribution in [0.15, 0.2) is 176 Å². The first-order valence-electron chi connectivity index (χ1n) is 17.4. The van der Waals surface area contributed by atoms with Gasteiger partial charge in [-0.2, -0.15) is 0 Å². The Morgan fingerprint density at radius 1 is 0.412 bits per heavy atom. The van der Waals surface area contributed by atoms with E-state index in [9.17, 15) is 0 Å². The maximum absolute atomic E-state index is 5.28. The highest BCUT2D eigenvalue weighted by Gasteiger charge is 2.41. The summed E-state index contributed by atoms with van der Waals surface area (Å²) < 4.78 is 2.64. The fourth-order valence-corrected chi connectivity index (χ4v) is 9.37. The van der Waals surface area contributed by atoms with Crippen molar-refractivity contribution in [3.05, 3.63) is 193 Å². The van der Waals surface area contributed by atoms with Crippen molar-refractivity contribution in [1.29, 1.82) is 0 Å². The van der Waals surface area contributed by atoms with E-state index in [2.05, 4.69) is 177 Å². The first kappa shape index (κ1) is 29.7. The molecule has 0 saturated heterocycles. The quantitative estimate of drug-likeness (QED) is 0.182. The highest BCUT2D eigenvalue weighted by molar-refractivity contribution is 7.26. The van der Waals surface area contributed by atoms with Gasteiger partial charge in [-0.1, -0.05) is 164 Å².